The molecule has 3 unspecified atom stereocenters. The first-order valence-electron chi connectivity index (χ1n) is 16.6. The number of ether oxygens (including phenoxy) is 1. The number of carbonyl (C=O) groups excluding carboxylic acids is 3. The van der Waals surface area contributed by atoms with Gasteiger partial charge in [0.1, 0.15) is 11.6 Å². The van der Waals surface area contributed by atoms with Gasteiger partial charge in [-0.1, -0.05) is 68.3 Å². The summed E-state index contributed by atoms with van der Waals surface area (Å²) < 4.78 is 7.04. The van der Waals surface area contributed by atoms with E-state index in [0.29, 0.717) is 25.8 Å². The monoisotopic (exact) mass is 627 g/mol. The lowest BCUT2D eigenvalue weighted by atomic mass is 9.62. The molecule has 0 radical (unpaired) electrons. The Morgan fingerprint density at radius 3 is 2.22 bits per heavy atom. The van der Waals surface area contributed by atoms with Crippen LogP contribution in [0, 0.1) is 31.6 Å². The standard InChI is InChI=1S/C38H49N3O5/c1-7-21-39(29-19-12-11-13-20-29)34(43)30-31-35(44)41(23-14-9-10-15-24-42)33(38(31)25-28(5)37(30,6)46-38)36(45)40(22-8-2)32-26(3)17-16-18-27(32)4/h7-8,11-13,16-20,28,30-31,33,42H,1-2,9-10,14-15,21-25H2,3-6H3/t28?,30-,31-,33?,37+,38?/m0/s1. The number of aliphatic hydroxyl groups excluding tert-OH is 1. The number of benzene rings is 2. The Balaban J connectivity index is 1.61. The summed E-state index contributed by atoms with van der Waals surface area (Å²) in [6, 6.07) is 14.5. The summed E-state index contributed by atoms with van der Waals surface area (Å²) in [6.07, 6.45) is 6.93. The summed E-state index contributed by atoms with van der Waals surface area (Å²) in [5, 5.41) is 9.29. The van der Waals surface area contributed by atoms with Gasteiger partial charge in [0, 0.05) is 37.6 Å². The van der Waals surface area contributed by atoms with Crippen molar-refractivity contribution in [2.24, 2.45) is 17.8 Å². The van der Waals surface area contributed by atoms with Crippen molar-refractivity contribution in [1.82, 2.24) is 4.90 Å². The Morgan fingerprint density at radius 1 is 0.957 bits per heavy atom. The molecule has 3 aliphatic rings. The lowest BCUT2D eigenvalue weighted by molar-refractivity contribution is -0.145. The third-order valence-electron chi connectivity index (χ3n) is 10.6. The fourth-order valence-corrected chi connectivity index (χ4v) is 8.41. The van der Waals surface area contributed by atoms with E-state index in [-0.39, 0.29) is 43.3 Å². The van der Waals surface area contributed by atoms with E-state index < -0.39 is 29.1 Å². The highest BCUT2D eigenvalue weighted by Crippen LogP contribution is 2.65. The van der Waals surface area contributed by atoms with Crippen LogP contribution in [-0.2, 0) is 19.1 Å². The van der Waals surface area contributed by atoms with Crippen LogP contribution in [0.25, 0.3) is 0 Å². The van der Waals surface area contributed by atoms with E-state index in [2.05, 4.69) is 20.1 Å². The zero-order valence-corrected chi connectivity index (χ0v) is 27.8. The van der Waals surface area contributed by atoms with E-state index >= 15 is 4.79 Å². The maximum absolute atomic E-state index is 15.1. The number of para-hydroxylation sites is 2. The van der Waals surface area contributed by atoms with Crippen LogP contribution in [0.3, 0.4) is 0 Å². The van der Waals surface area contributed by atoms with Gasteiger partial charge >= 0.3 is 0 Å². The molecule has 2 bridgehead atoms. The second-order valence-corrected chi connectivity index (χ2v) is 13.4. The maximum atomic E-state index is 15.1. The number of fused-ring (bicyclic) bond motifs is 1. The van der Waals surface area contributed by atoms with Crippen molar-refractivity contribution in [2.45, 2.75) is 77.0 Å². The number of hydrogen-bond donors (Lipinski definition) is 1. The number of nitrogens with zero attached hydrogens (tertiary/aromatic N) is 3. The zero-order chi connectivity index (χ0) is 33.2. The van der Waals surface area contributed by atoms with Crippen LogP contribution in [0.1, 0.15) is 57.1 Å². The van der Waals surface area contributed by atoms with E-state index in [1.54, 1.807) is 26.9 Å². The molecule has 46 heavy (non-hydrogen) atoms. The lowest BCUT2D eigenvalue weighted by Gasteiger charge is -2.39. The van der Waals surface area contributed by atoms with Crippen molar-refractivity contribution in [3.8, 4) is 0 Å². The van der Waals surface area contributed by atoms with Crippen molar-refractivity contribution in [2.75, 3.05) is 36.0 Å². The highest BCUT2D eigenvalue weighted by atomic mass is 16.5. The van der Waals surface area contributed by atoms with Gasteiger partial charge in [-0.15, -0.1) is 13.2 Å². The van der Waals surface area contributed by atoms with Crippen LogP contribution in [0.15, 0.2) is 73.8 Å². The molecule has 246 valence electrons. The number of rotatable bonds is 14. The number of aliphatic hydroxyl groups is 1. The first-order valence-corrected chi connectivity index (χ1v) is 16.6. The van der Waals surface area contributed by atoms with Gasteiger partial charge in [0.2, 0.25) is 11.8 Å². The van der Waals surface area contributed by atoms with E-state index in [4.69, 9.17) is 4.74 Å². The van der Waals surface area contributed by atoms with Gasteiger partial charge in [-0.25, -0.2) is 0 Å². The fraction of sp³-hybridized carbons (Fsp3) is 0.500. The predicted octanol–water partition coefficient (Wildman–Crippen LogP) is 5.61. The minimum Gasteiger partial charge on any atom is -0.396 e. The average Bonchev–Trinajstić information content (AvgIpc) is 3.55. The topological polar surface area (TPSA) is 90.4 Å². The van der Waals surface area contributed by atoms with Crippen LogP contribution in [0.2, 0.25) is 0 Å². The molecule has 0 aromatic heterocycles. The summed E-state index contributed by atoms with van der Waals surface area (Å²) in [5.74, 6) is -2.23. The van der Waals surface area contributed by atoms with Crippen molar-refractivity contribution < 1.29 is 24.2 Å². The molecule has 0 saturated carbocycles. The first-order chi connectivity index (χ1) is 22.1. The van der Waals surface area contributed by atoms with Crippen LogP contribution >= 0.6 is 0 Å². The van der Waals surface area contributed by atoms with Gasteiger partial charge in [-0.3, -0.25) is 14.4 Å². The molecule has 3 amide bonds. The van der Waals surface area contributed by atoms with Gasteiger partial charge in [0.25, 0.3) is 5.91 Å². The molecular formula is C38H49N3O5. The third-order valence-corrected chi connectivity index (χ3v) is 10.6. The predicted molar refractivity (Wildman–Crippen MR) is 181 cm³/mol. The molecule has 6 atom stereocenters. The summed E-state index contributed by atoms with van der Waals surface area (Å²) >= 11 is 0. The lowest BCUT2D eigenvalue weighted by Crippen LogP contribution is -2.57. The van der Waals surface area contributed by atoms with Gasteiger partial charge < -0.3 is 24.5 Å². The maximum Gasteiger partial charge on any atom is 0.253 e. The molecule has 8 heteroatoms. The van der Waals surface area contributed by atoms with E-state index in [1.165, 1.54) is 0 Å². The molecule has 3 saturated heterocycles. The first kappa shape index (κ1) is 33.6. The van der Waals surface area contributed by atoms with Gasteiger partial charge in [0.15, 0.2) is 0 Å². The molecule has 5 rings (SSSR count). The smallest absolute Gasteiger partial charge is 0.253 e. The van der Waals surface area contributed by atoms with Crippen LogP contribution < -0.4 is 9.80 Å². The Bertz CT molecular complexity index is 1460. The highest BCUT2D eigenvalue weighted by molar-refractivity contribution is 6.07. The van der Waals surface area contributed by atoms with E-state index in [1.807, 2.05) is 69.3 Å². The van der Waals surface area contributed by atoms with Crippen molar-refractivity contribution in [1.29, 1.82) is 0 Å². The SMILES string of the molecule is C=CCN(C(=O)[C@@H]1[C@H]2C(=O)N(CCCCCCO)C(C(=O)N(CC=C)c3c(C)cccc3C)C23CC(C)[C@@]1(C)O3)c1ccccc1. The van der Waals surface area contributed by atoms with E-state index in [9.17, 15) is 14.7 Å². The number of likely N-dealkylation sites (tertiary alicyclic amines) is 1. The van der Waals surface area contributed by atoms with Crippen LogP contribution in [0.5, 0.6) is 0 Å². The molecule has 1 N–H and O–H groups in total. The highest BCUT2D eigenvalue weighted by Gasteiger charge is 2.80. The summed E-state index contributed by atoms with van der Waals surface area (Å²) in [5.41, 5.74) is 1.36. The quantitative estimate of drug-likeness (QED) is 0.217. The number of hydrogen-bond acceptors (Lipinski definition) is 5. The minimum absolute atomic E-state index is 0.0697. The Kier molecular flexibility index (Phi) is 9.89. The summed E-state index contributed by atoms with van der Waals surface area (Å²) in [7, 11) is 0. The van der Waals surface area contributed by atoms with Gasteiger partial charge in [-0.2, -0.15) is 0 Å². The average molecular weight is 628 g/mol. The summed E-state index contributed by atoms with van der Waals surface area (Å²) in [4.78, 5) is 49.7. The second kappa shape index (κ2) is 13.5. The van der Waals surface area contributed by atoms with Gasteiger partial charge in [-0.05, 0) is 69.2 Å². The minimum atomic E-state index is -1.15. The molecule has 0 aliphatic carbocycles. The van der Waals surface area contributed by atoms with Crippen molar-refractivity contribution in [3.05, 3.63) is 85.0 Å². The van der Waals surface area contributed by atoms with Crippen molar-refractivity contribution in [3.63, 3.8) is 0 Å². The van der Waals surface area contributed by atoms with E-state index in [0.717, 1.165) is 35.3 Å². The molecule has 3 heterocycles. The molecule has 3 aliphatic heterocycles. The summed E-state index contributed by atoms with van der Waals surface area (Å²) in [6.45, 7) is 16.9. The Hall–Kier alpha value is -3.75. The second-order valence-electron chi connectivity index (χ2n) is 13.4. The molecule has 2 aromatic rings. The van der Waals surface area contributed by atoms with Crippen LogP contribution in [0.4, 0.5) is 11.4 Å². The fourth-order valence-electron chi connectivity index (χ4n) is 8.41. The number of amides is 3. The molecular weight excluding hydrogens is 578 g/mol. The molecule has 1 spiro atoms. The van der Waals surface area contributed by atoms with Crippen LogP contribution in [-0.4, -0.2) is 71.2 Å². The molecule has 3 fully saturated rings. The normalized spacial score (nSPS) is 27.8. The molecule has 2 aromatic carbocycles. The number of unbranched alkanes of at least 4 members (excludes halogenated alkanes) is 3. The number of carbonyl (C=O) groups is 3. The molecule has 8 nitrogen and oxygen atoms in total. The third kappa shape index (κ3) is 5.49. The number of anilines is 2. The Labute approximate surface area is 273 Å². The zero-order valence-electron chi connectivity index (χ0n) is 27.8. The number of aryl methyl sites for hydroxylation is 2. The van der Waals surface area contributed by atoms with Gasteiger partial charge in [0.05, 0.1) is 17.4 Å². The van der Waals surface area contributed by atoms with Crippen molar-refractivity contribution >= 4 is 29.1 Å². The Morgan fingerprint density at radius 2 is 1.59 bits per heavy atom. The largest absolute Gasteiger partial charge is 0.396 e.